The van der Waals surface area contributed by atoms with Gasteiger partial charge in [-0.3, -0.25) is 4.79 Å². The highest BCUT2D eigenvalue weighted by Crippen LogP contribution is 2.04. The number of hydrogen-bond donors (Lipinski definition) is 2. The lowest BCUT2D eigenvalue weighted by molar-refractivity contribution is -0.120. The topological polar surface area (TPSA) is 70.7 Å². The fourth-order valence-corrected chi connectivity index (χ4v) is 2.33. The van der Waals surface area contributed by atoms with Crippen LogP contribution in [0.3, 0.4) is 0 Å². The number of urea groups is 1. The summed E-state index contributed by atoms with van der Waals surface area (Å²) in [5, 5.41) is 5.48. The van der Waals surface area contributed by atoms with Gasteiger partial charge < -0.3 is 20.3 Å². The first kappa shape index (κ1) is 17.0. The number of nitrogens with one attached hydrogen (secondary N) is 2. The molecule has 1 aromatic carbocycles. The Kier molecular flexibility index (Phi) is 6.62. The molecule has 1 heterocycles. The maximum Gasteiger partial charge on any atom is 0.318 e. The van der Waals surface area contributed by atoms with Crippen LogP contribution in [0.1, 0.15) is 12.0 Å². The van der Waals surface area contributed by atoms with Crippen molar-refractivity contribution in [2.75, 3.05) is 33.4 Å². The Hall–Kier alpha value is -2.34. The van der Waals surface area contributed by atoms with E-state index in [-0.39, 0.29) is 11.9 Å². The van der Waals surface area contributed by atoms with Gasteiger partial charge in [0.15, 0.2) is 0 Å². The van der Waals surface area contributed by atoms with Crippen LogP contribution in [-0.4, -0.2) is 56.2 Å². The number of rotatable bonds is 7. The highest BCUT2D eigenvalue weighted by atomic mass is 16.5. The van der Waals surface area contributed by atoms with E-state index in [2.05, 4.69) is 10.6 Å². The van der Waals surface area contributed by atoms with Crippen LogP contribution in [0.5, 0.6) is 0 Å². The molecule has 0 saturated carbocycles. The second kappa shape index (κ2) is 8.95. The van der Waals surface area contributed by atoms with Crippen LogP contribution in [0.25, 0.3) is 6.08 Å². The molecular weight excluding hydrogens is 294 g/mol. The predicted octanol–water partition coefficient (Wildman–Crippen LogP) is 1.25. The number of benzene rings is 1. The van der Waals surface area contributed by atoms with Crippen molar-refractivity contribution < 1.29 is 14.3 Å². The van der Waals surface area contributed by atoms with Crippen molar-refractivity contribution in [3.63, 3.8) is 0 Å². The van der Waals surface area contributed by atoms with Gasteiger partial charge in [0.1, 0.15) is 6.04 Å². The SMILES string of the molecule is COCCN(C/C=C/c1ccccc1)C(=O)N[C@H]1CCNC1=O. The molecule has 1 fully saturated rings. The summed E-state index contributed by atoms with van der Waals surface area (Å²) in [7, 11) is 1.60. The Morgan fingerprint density at radius 3 is 2.87 bits per heavy atom. The van der Waals surface area contributed by atoms with Gasteiger partial charge in [0.05, 0.1) is 6.61 Å². The predicted molar refractivity (Wildman–Crippen MR) is 88.9 cm³/mol. The van der Waals surface area contributed by atoms with Crippen LogP contribution in [0.2, 0.25) is 0 Å². The van der Waals surface area contributed by atoms with Crippen LogP contribution in [0.15, 0.2) is 36.4 Å². The van der Waals surface area contributed by atoms with Crippen molar-refractivity contribution in [1.29, 1.82) is 0 Å². The van der Waals surface area contributed by atoms with Gasteiger partial charge in [0, 0.05) is 26.7 Å². The molecule has 1 aromatic rings. The van der Waals surface area contributed by atoms with E-state index >= 15 is 0 Å². The monoisotopic (exact) mass is 317 g/mol. The lowest BCUT2D eigenvalue weighted by Gasteiger charge is -2.23. The quantitative estimate of drug-likeness (QED) is 0.795. The van der Waals surface area contributed by atoms with Crippen LogP contribution >= 0.6 is 0 Å². The summed E-state index contributed by atoms with van der Waals surface area (Å²) < 4.78 is 5.05. The molecule has 1 aliphatic heterocycles. The van der Waals surface area contributed by atoms with Gasteiger partial charge in [-0.05, 0) is 12.0 Å². The van der Waals surface area contributed by atoms with Crippen molar-refractivity contribution in [1.82, 2.24) is 15.5 Å². The third-order valence-corrected chi connectivity index (χ3v) is 3.63. The van der Waals surface area contributed by atoms with Gasteiger partial charge in [-0.1, -0.05) is 42.5 Å². The first-order chi connectivity index (χ1) is 11.2. The van der Waals surface area contributed by atoms with Gasteiger partial charge >= 0.3 is 6.03 Å². The highest BCUT2D eigenvalue weighted by Gasteiger charge is 2.27. The maximum atomic E-state index is 12.3. The molecule has 6 heteroatoms. The minimum atomic E-state index is -0.439. The number of amides is 3. The molecule has 0 radical (unpaired) electrons. The molecule has 23 heavy (non-hydrogen) atoms. The molecule has 0 spiro atoms. The minimum absolute atomic E-state index is 0.120. The van der Waals surface area contributed by atoms with Crippen molar-refractivity contribution in [3.8, 4) is 0 Å². The first-order valence-corrected chi connectivity index (χ1v) is 7.74. The average molecular weight is 317 g/mol. The minimum Gasteiger partial charge on any atom is -0.383 e. The summed E-state index contributed by atoms with van der Waals surface area (Å²) >= 11 is 0. The van der Waals surface area contributed by atoms with E-state index in [4.69, 9.17) is 4.74 Å². The largest absolute Gasteiger partial charge is 0.383 e. The standard InChI is InChI=1S/C17H23N3O3/c1-23-13-12-20(11-5-8-14-6-3-2-4-7-14)17(22)19-15-9-10-18-16(15)21/h2-8,15H,9-13H2,1H3,(H,18,21)(H,19,22)/b8-5+/t15-/m0/s1. The molecule has 0 aliphatic carbocycles. The summed E-state index contributed by atoms with van der Waals surface area (Å²) in [6.45, 7) is 1.98. The fourth-order valence-electron chi connectivity index (χ4n) is 2.33. The van der Waals surface area contributed by atoms with E-state index in [1.807, 2.05) is 42.5 Å². The Morgan fingerprint density at radius 1 is 1.43 bits per heavy atom. The molecular formula is C17H23N3O3. The zero-order valence-corrected chi connectivity index (χ0v) is 13.3. The molecule has 0 unspecified atom stereocenters. The van der Waals surface area contributed by atoms with Crippen molar-refractivity contribution in [3.05, 3.63) is 42.0 Å². The smallest absolute Gasteiger partial charge is 0.318 e. The summed E-state index contributed by atoms with van der Waals surface area (Å²) in [5.41, 5.74) is 1.08. The molecule has 2 N–H and O–H groups in total. The second-order valence-corrected chi connectivity index (χ2v) is 5.33. The average Bonchev–Trinajstić information content (AvgIpc) is 2.96. The fraction of sp³-hybridized carbons (Fsp3) is 0.412. The van der Waals surface area contributed by atoms with Gasteiger partial charge in [-0.25, -0.2) is 4.79 Å². The Labute approximate surface area is 136 Å². The van der Waals surface area contributed by atoms with E-state index < -0.39 is 6.04 Å². The summed E-state index contributed by atoms with van der Waals surface area (Å²) in [6.07, 6.45) is 4.52. The van der Waals surface area contributed by atoms with Crippen LogP contribution in [-0.2, 0) is 9.53 Å². The molecule has 2 rings (SSSR count). The molecule has 1 atom stereocenters. The lowest BCUT2D eigenvalue weighted by atomic mass is 10.2. The first-order valence-electron chi connectivity index (χ1n) is 7.74. The molecule has 1 aliphatic rings. The summed E-state index contributed by atoms with van der Waals surface area (Å²) in [6, 6.07) is 9.20. The van der Waals surface area contributed by atoms with Gasteiger partial charge in [0.2, 0.25) is 5.91 Å². The highest BCUT2D eigenvalue weighted by molar-refractivity contribution is 5.88. The second-order valence-electron chi connectivity index (χ2n) is 5.33. The summed E-state index contributed by atoms with van der Waals surface area (Å²) in [4.78, 5) is 25.5. The maximum absolute atomic E-state index is 12.3. The number of hydrogen-bond acceptors (Lipinski definition) is 3. The van der Waals surface area contributed by atoms with Gasteiger partial charge in [-0.15, -0.1) is 0 Å². The zero-order chi connectivity index (χ0) is 16.5. The molecule has 0 bridgehead atoms. The molecule has 124 valence electrons. The number of carbonyl (C=O) groups is 2. The van der Waals surface area contributed by atoms with Gasteiger partial charge in [0.25, 0.3) is 0 Å². The van der Waals surface area contributed by atoms with Crippen LogP contribution in [0.4, 0.5) is 4.79 Å². The third kappa shape index (κ3) is 5.41. The molecule has 1 saturated heterocycles. The van der Waals surface area contributed by atoms with Gasteiger partial charge in [-0.2, -0.15) is 0 Å². The number of carbonyl (C=O) groups excluding carboxylic acids is 2. The van der Waals surface area contributed by atoms with Crippen molar-refractivity contribution in [2.24, 2.45) is 0 Å². The van der Waals surface area contributed by atoms with E-state index in [0.717, 1.165) is 5.56 Å². The number of nitrogens with zero attached hydrogens (tertiary/aromatic N) is 1. The summed E-state index contributed by atoms with van der Waals surface area (Å²) in [5.74, 6) is -0.120. The van der Waals surface area contributed by atoms with Crippen molar-refractivity contribution in [2.45, 2.75) is 12.5 Å². The zero-order valence-electron chi connectivity index (χ0n) is 13.3. The van der Waals surface area contributed by atoms with E-state index in [9.17, 15) is 9.59 Å². The van der Waals surface area contributed by atoms with Crippen LogP contribution < -0.4 is 10.6 Å². The van der Waals surface area contributed by atoms with E-state index in [1.54, 1.807) is 12.0 Å². The van der Waals surface area contributed by atoms with E-state index in [0.29, 0.717) is 32.7 Å². The molecule has 0 aromatic heterocycles. The number of ether oxygens (including phenoxy) is 1. The van der Waals surface area contributed by atoms with E-state index in [1.165, 1.54) is 0 Å². The Balaban J connectivity index is 1.91. The number of methoxy groups -OCH3 is 1. The Bertz CT molecular complexity index is 545. The lowest BCUT2D eigenvalue weighted by Crippen LogP contribution is -2.48. The van der Waals surface area contributed by atoms with Crippen LogP contribution in [0, 0.1) is 0 Å². The Morgan fingerprint density at radius 2 is 2.22 bits per heavy atom. The normalized spacial score (nSPS) is 17.3. The van der Waals surface area contributed by atoms with Crippen molar-refractivity contribution >= 4 is 18.0 Å². The third-order valence-electron chi connectivity index (χ3n) is 3.63. The molecule has 3 amide bonds. The molecule has 6 nitrogen and oxygen atoms in total.